The largest absolute Gasteiger partial charge is 0.480 e. The van der Waals surface area contributed by atoms with E-state index in [2.05, 4.69) is 10.6 Å². The first kappa shape index (κ1) is 17.5. The number of nitrogens with two attached hydrogens (primary N) is 1. The van der Waals surface area contributed by atoms with Gasteiger partial charge in [0, 0.05) is 15.0 Å². The van der Waals surface area contributed by atoms with Gasteiger partial charge in [-0.2, -0.15) is 0 Å². The Kier molecular flexibility index (Phi) is 6.69. The van der Waals surface area contributed by atoms with Gasteiger partial charge in [0.25, 0.3) is 0 Å². The average Bonchev–Trinajstić information content (AvgIpc) is 2.37. The molecule has 3 amide bonds. The maximum atomic E-state index is 11.8. The number of hydrogen-bond donors (Lipinski definition) is 4. The highest BCUT2D eigenvalue weighted by atomic mass is 127. The number of anilines is 1. The summed E-state index contributed by atoms with van der Waals surface area (Å²) >= 11 is 7.78. The molecule has 0 saturated carbocycles. The van der Waals surface area contributed by atoms with E-state index in [1.807, 2.05) is 22.6 Å². The fourth-order valence-electron chi connectivity index (χ4n) is 1.45. The Labute approximate surface area is 139 Å². The van der Waals surface area contributed by atoms with Crippen molar-refractivity contribution in [1.29, 1.82) is 0 Å². The van der Waals surface area contributed by atoms with Crippen LogP contribution in [0.15, 0.2) is 18.2 Å². The van der Waals surface area contributed by atoms with Crippen molar-refractivity contribution in [3.05, 3.63) is 26.8 Å². The number of nitrogens with one attached hydrogen (secondary N) is 2. The van der Waals surface area contributed by atoms with Crippen LogP contribution >= 0.6 is 34.2 Å². The third-order valence-corrected chi connectivity index (χ3v) is 3.59. The van der Waals surface area contributed by atoms with Gasteiger partial charge in [-0.1, -0.05) is 11.6 Å². The van der Waals surface area contributed by atoms with Crippen LogP contribution in [-0.4, -0.2) is 29.1 Å². The minimum atomic E-state index is -1.24. The summed E-state index contributed by atoms with van der Waals surface area (Å²) in [5, 5.41) is 14.3. The molecule has 0 spiro atoms. The predicted octanol–water partition coefficient (Wildman–Crippen LogP) is 1.78. The zero-order valence-electron chi connectivity index (χ0n) is 10.7. The molecular formula is C12H13ClIN3O4. The molecule has 9 heteroatoms. The summed E-state index contributed by atoms with van der Waals surface area (Å²) in [4.78, 5) is 33.4. The molecule has 0 aliphatic carbocycles. The number of carbonyl (C=O) groups excluding carboxylic acids is 2. The number of amides is 3. The second-order valence-electron chi connectivity index (χ2n) is 4.12. The number of primary amides is 1. The molecule has 0 heterocycles. The van der Waals surface area contributed by atoms with E-state index < -0.39 is 23.9 Å². The Balaban J connectivity index is 2.65. The summed E-state index contributed by atoms with van der Waals surface area (Å²) in [6, 6.07) is 2.97. The first-order valence-corrected chi connectivity index (χ1v) is 7.29. The molecule has 1 aromatic carbocycles. The number of aliphatic carboxylic acids is 1. The molecular weight excluding hydrogens is 413 g/mol. The molecule has 0 radical (unpaired) electrons. The minimum Gasteiger partial charge on any atom is -0.480 e. The number of rotatable bonds is 6. The van der Waals surface area contributed by atoms with Crippen LogP contribution in [0.3, 0.4) is 0 Å². The molecule has 0 aliphatic heterocycles. The fraction of sp³-hybridized carbons (Fsp3) is 0.250. The van der Waals surface area contributed by atoms with Crippen LogP contribution in [0, 0.1) is 3.57 Å². The molecule has 0 unspecified atom stereocenters. The summed E-state index contributed by atoms with van der Waals surface area (Å²) in [5.74, 6) is -1.87. The zero-order chi connectivity index (χ0) is 16.0. The maximum absolute atomic E-state index is 11.8. The van der Waals surface area contributed by atoms with Crippen molar-refractivity contribution >= 4 is 57.8 Å². The third kappa shape index (κ3) is 6.17. The quantitative estimate of drug-likeness (QED) is 0.519. The zero-order valence-corrected chi connectivity index (χ0v) is 13.6. The molecule has 1 atom stereocenters. The lowest BCUT2D eigenvalue weighted by Crippen LogP contribution is -2.43. The van der Waals surface area contributed by atoms with Crippen LogP contribution in [0.25, 0.3) is 0 Å². The summed E-state index contributed by atoms with van der Waals surface area (Å²) in [6.07, 6.45) is -0.203. The Morgan fingerprint density at radius 3 is 2.57 bits per heavy atom. The number of hydrogen-bond acceptors (Lipinski definition) is 3. The number of halogens is 2. The molecule has 0 aromatic heterocycles. The molecule has 21 heavy (non-hydrogen) atoms. The van der Waals surface area contributed by atoms with Gasteiger partial charge in [0.05, 0.1) is 5.69 Å². The minimum absolute atomic E-state index is 0.0736. The number of carboxylic acids is 1. The van der Waals surface area contributed by atoms with Gasteiger partial charge in [-0.3, -0.25) is 4.79 Å². The van der Waals surface area contributed by atoms with Crippen LogP contribution in [0.5, 0.6) is 0 Å². The van der Waals surface area contributed by atoms with E-state index in [9.17, 15) is 14.4 Å². The van der Waals surface area contributed by atoms with Crippen LogP contribution in [0.4, 0.5) is 10.5 Å². The van der Waals surface area contributed by atoms with Gasteiger partial charge in [-0.25, -0.2) is 9.59 Å². The maximum Gasteiger partial charge on any atom is 0.326 e. The van der Waals surface area contributed by atoms with Gasteiger partial charge in [-0.05, 0) is 47.2 Å². The highest BCUT2D eigenvalue weighted by Gasteiger charge is 2.20. The highest BCUT2D eigenvalue weighted by Crippen LogP contribution is 2.22. The van der Waals surface area contributed by atoms with Crippen LogP contribution in [-0.2, 0) is 9.59 Å². The van der Waals surface area contributed by atoms with Crippen LogP contribution < -0.4 is 16.4 Å². The molecule has 114 valence electrons. The molecule has 7 nitrogen and oxygen atoms in total. The highest BCUT2D eigenvalue weighted by molar-refractivity contribution is 14.1. The lowest BCUT2D eigenvalue weighted by atomic mass is 10.1. The van der Waals surface area contributed by atoms with E-state index >= 15 is 0 Å². The average molecular weight is 426 g/mol. The molecule has 1 rings (SSSR count). The molecule has 0 saturated heterocycles. The first-order valence-electron chi connectivity index (χ1n) is 5.83. The third-order valence-electron chi connectivity index (χ3n) is 2.46. The Morgan fingerprint density at radius 1 is 1.38 bits per heavy atom. The van der Waals surface area contributed by atoms with Crippen molar-refractivity contribution in [3.8, 4) is 0 Å². The smallest absolute Gasteiger partial charge is 0.326 e. The lowest BCUT2D eigenvalue weighted by molar-refractivity contribution is -0.139. The van der Waals surface area contributed by atoms with Crippen LogP contribution in [0.2, 0.25) is 5.02 Å². The van der Waals surface area contributed by atoms with E-state index in [4.69, 9.17) is 22.4 Å². The van der Waals surface area contributed by atoms with Crippen molar-refractivity contribution in [2.24, 2.45) is 5.73 Å². The molecule has 5 N–H and O–H groups in total. The van der Waals surface area contributed by atoms with Crippen molar-refractivity contribution in [2.45, 2.75) is 18.9 Å². The number of carbonyl (C=O) groups is 3. The Bertz CT molecular complexity index is 567. The van der Waals surface area contributed by atoms with Crippen LogP contribution in [0.1, 0.15) is 12.8 Å². The summed E-state index contributed by atoms with van der Waals surface area (Å²) in [6.45, 7) is 0. The standard InChI is InChI=1S/C12H13ClIN3O4/c13-6-1-2-8(7(14)5-6)16-12(21)17-9(11(19)20)3-4-10(15)18/h1-2,5,9H,3-4H2,(H2,15,18)(H,19,20)(H2,16,17,21)/t9-/m0/s1. The van der Waals surface area contributed by atoms with E-state index in [0.717, 1.165) is 0 Å². The second kappa shape index (κ2) is 8.03. The summed E-state index contributed by atoms with van der Waals surface area (Å²) in [5.41, 5.74) is 5.45. The molecule has 0 bridgehead atoms. The summed E-state index contributed by atoms with van der Waals surface area (Å²) < 4.78 is 0.708. The first-order chi connectivity index (χ1) is 9.79. The van der Waals surface area contributed by atoms with Crippen molar-refractivity contribution in [3.63, 3.8) is 0 Å². The van der Waals surface area contributed by atoms with E-state index in [1.54, 1.807) is 18.2 Å². The van der Waals surface area contributed by atoms with Gasteiger partial charge in [0.1, 0.15) is 6.04 Å². The number of carboxylic acid groups (broad SMARTS) is 1. The van der Waals surface area contributed by atoms with E-state index in [-0.39, 0.29) is 12.8 Å². The van der Waals surface area contributed by atoms with Crippen molar-refractivity contribution < 1.29 is 19.5 Å². The fourth-order valence-corrected chi connectivity index (χ4v) is 2.46. The lowest BCUT2D eigenvalue weighted by Gasteiger charge is -2.15. The van der Waals surface area contributed by atoms with Gasteiger partial charge < -0.3 is 21.5 Å². The predicted molar refractivity (Wildman–Crippen MR) is 86.2 cm³/mol. The number of benzene rings is 1. The SMILES string of the molecule is NC(=O)CC[C@H](NC(=O)Nc1ccc(Cl)cc1I)C(=O)O. The summed E-state index contributed by atoms with van der Waals surface area (Å²) in [7, 11) is 0. The van der Waals surface area contributed by atoms with E-state index in [1.165, 1.54) is 0 Å². The monoisotopic (exact) mass is 425 g/mol. The molecule has 0 fully saturated rings. The Hall–Kier alpha value is -1.55. The van der Waals surface area contributed by atoms with Crippen molar-refractivity contribution in [1.82, 2.24) is 5.32 Å². The van der Waals surface area contributed by atoms with Gasteiger partial charge in [0.15, 0.2) is 0 Å². The Morgan fingerprint density at radius 2 is 2.05 bits per heavy atom. The van der Waals surface area contributed by atoms with Gasteiger partial charge in [0.2, 0.25) is 5.91 Å². The van der Waals surface area contributed by atoms with E-state index in [0.29, 0.717) is 14.3 Å². The van der Waals surface area contributed by atoms with Gasteiger partial charge in [-0.15, -0.1) is 0 Å². The normalized spacial score (nSPS) is 11.5. The topological polar surface area (TPSA) is 122 Å². The molecule has 0 aliphatic rings. The molecule has 1 aromatic rings. The van der Waals surface area contributed by atoms with Gasteiger partial charge >= 0.3 is 12.0 Å². The number of urea groups is 1. The second-order valence-corrected chi connectivity index (χ2v) is 5.72. The van der Waals surface area contributed by atoms with Crippen molar-refractivity contribution in [2.75, 3.05) is 5.32 Å².